The van der Waals surface area contributed by atoms with Crippen molar-refractivity contribution in [1.29, 1.82) is 0 Å². The van der Waals surface area contributed by atoms with E-state index >= 15 is 0 Å². The molecule has 0 bridgehead atoms. The molecular weight excluding hydrogens is 386 g/mol. The SMILES string of the molecule is CCCC1=[C]([Ti+3])CC=C1[SiH2]c1cccc(C(C)C)c1.[Cl-].[Cl-].[Cl-]. The van der Waals surface area contributed by atoms with E-state index < -0.39 is 0 Å². The van der Waals surface area contributed by atoms with E-state index in [1.165, 1.54) is 24.8 Å². The number of allylic oxidation sites excluding steroid dienone is 4. The Labute approximate surface area is 168 Å². The summed E-state index contributed by atoms with van der Waals surface area (Å²) in [5.41, 5.74) is 3.17. The Hall–Kier alpha value is 0.501. The molecule has 1 aliphatic rings. The summed E-state index contributed by atoms with van der Waals surface area (Å²) in [6.45, 7) is 6.85. The fourth-order valence-electron chi connectivity index (χ4n) is 2.69. The van der Waals surface area contributed by atoms with Gasteiger partial charge in [-0.05, 0) is 0 Å². The van der Waals surface area contributed by atoms with E-state index in [0.717, 1.165) is 0 Å². The smallest absolute Gasteiger partial charge is 1.00 e. The van der Waals surface area contributed by atoms with Crippen molar-refractivity contribution in [3.05, 3.63) is 50.6 Å². The quantitative estimate of drug-likeness (QED) is 0.426. The summed E-state index contributed by atoms with van der Waals surface area (Å²) in [7, 11) is -0.285. The Morgan fingerprint density at radius 1 is 1.18 bits per heavy atom. The van der Waals surface area contributed by atoms with Crippen LogP contribution in [-0.2, 0) is 20.4 Å². The molecule has 1 aliphatic carbocycles. The standard InChI is InChI=1S/C17H23Si.3ClH.Ti/c1-4-7-14-8-6-11-17(14)18-16-10-5-9-15(12-16)13(2)3;;;;/h5,9-13H,4,6-7,18H2,1-3H3;3*1H;/q;;;;+3/p-3. The number of rotatable bonds is 5. The predicted molar refractivity (Wildman–Crippen MR) is 83.3 cm³/mol. The number of hydrogen-bond acceptors (Lipinski definition) is 0. The van der Waals surface area contributed by atoms with Crippen LogP contribution < -0.4 is 42.4 Å². The van der Waals surface area contributed by atoms with Crippen LogP contribution in [0.25, 0.3) is 0 Å². The van der Waals surface area contributed by atoms with E-state index in [1.807, 2.05) is 0 Å². The van der Waals surface area contributed by atoms with Gasteiger partial charge in [-0.2, -0.15) is 0 Å². The normalized spacial score (nSPS) is 13.8. The Balaban J connectivity index is 0. The van der Waals surface area contributed by atoms with Gasteiger partial charge in [0.2, 0.25) is 0 Å². The molecule has 2 rings (SSSR count). The van der Waals surface area contributed by atoms with E-state index in [0.29, 0.717) is 5.92 Å². The third-order valence-electron chi connectivity index (χ3n) is 3.82. The predicted octanol–water partition coefficient (Wildman–Crippen LogP) is -5.50. The molecule has 0 N–H and O–H groups in total. The van der Waals surface area contributed by atoms with Gasteiger partial charge in [0, 0.05) is 0 Å². The van der Waals surface area contributed by atoms with Crippen LogP contribution in [-0.4, -0.2) is 9.52 Å². The van der Waals surface area contributed by atoms with E-state index in [4.69, 9.17) is 0 Å². The monoisotopic (exact) mass is 408 g/mol. The number of hydrogen-bond donors (Lipinski definition) is 0. The van der Waals surface area contributed by atoms with Gasteiger partial charge in [-0.25, -0.2) is 0 Å². The molecule has 1 aromatic carbocycles. The molecular formula is C17H23Cl3SiTi. The fourth-order valence-corrected chi connectivity index (χ4v) is 5.49. The fraction of sp³-hybridized carbons (Fsp3) is 0.412. The summed E-state index contributed by atoms with van der Waals surface area (Å²) in [6, 6.07) is 9.27. The second-order valence-electron chi connectivity index (χ2n) is 5.72. The van der Waals surface area contributed by atoms with Gasteiger partial charge in [0.05, 0.1) is 0 Å². The van der Waals surface area contributed by atoms with Crippen LogP contribution in [0.5, 0.6) is 0 Å². The molecule has 0 saturated carbocycles. The van der Waals surface area contributed by atoms with Crippen molar-refractivity contribution in [3.63, 3.8) is 0 Å². The Morgan fingerprint density at radius 2 is 1.86 bits per heavy atom. The van der Waals surface area contributed by atoms with Crippen molar-refractivity contribution < 1.29 is 57.7 Å². The maximum atomic E-state index is 2.49. The third kappa shape index (κ3) is 6.55. The summed E-state index contributed by atoms with van der Waals surface area (Å²) < 4.78 is 1.62. The van der Waals surface area contributed by atoms with Crippen LogP contribution in [0, 0.1) is 0 Å². The minimum Gasteiger partial charge on any atom is -1.00 e. The Bertz CT molecular complexity index is 524. The van der Waals surface area contributed by atoms with E-state index in [2.05, 4.69) is 71.5 Å². The van der Waals surface area contributed by atoms with Gasteiger partial charge in [-0.3, -0.25) is 0 Å². The summed E-state index contributed by atoms with van der Waals surface area (Å²) in [5, 5.41) is 3.31. The van der Waals surface area contributed by atoms with Gasteiger partial charge in [-0.15, -0.1) is 0 Å². The molecule has 1 aromatic rings. The molecule has 0 saturated heterocycles. The minimum absolute atomic E-state index is 0. The maximum absolute atomic E-state index is 2.49. The molecule has 0 heterocycles. The van der Waals surface area contributed by atoms with Crippen molar-refractivity contribution >= 4 is 14.7 Å². The maximum Gasteiger partial charge on any atom is -1.00 e. The Morgan fingerprint density at radius 3 is 2.45 bits per heavy atom. The Kier molecular flexibility index (Phi) is 13.4. The zero-order valence-corrected chi connectivity index (χ0v) is 18.7. The van der Waals surface area contributed by atoms with Crippen LogP contribution in [0.3, 0.4) is 0 Å². The minimum atomic E-state index is -0.285. The average molecular weight is 410 g/mol. The van der Waals surface area contributed by atoms with Gasteiger partial charge < -0.3 is 37.2 Å². The van der Waals surface area contributed by atoms with E-state index in [9.17, 15) is 0 Å². The summed E-state index contributed by atoms with van der Waals surface area (Å²) >= 11 is 2.31. The van der Waals surface area contributed by atoms with Crippen molar-refractivity contribution in [1.82, 2.24) is 0 Å². The first kappa shape index (κ1) is 24.7. The van der Waals surface area contributed by atoms with Gasteiger partial charge in [0.25, 0.3) is 0 Å². The molecule has 120 valence electrons. The van der Waals surface area contributed by atoms with E-state index in [-0.39, 0.29) is 46.7 Å². The molecule has 0 fully saturated rings. The molecule has 0 radical (unpaired) electrons. The average Bonchev–Trinajstić information content (AvgIpc) is 2.72. The van der Waals surface area contributed by atoms with Crippen LogP contribution >= 0.6 is 0 Å². The topological polar surface area (TPSA) is 0 Å². The molecule has 0 amide bonds. The summed E-state index contributed by atoms with van der Waals surface area (Å²) in [6.07, 6.45) is 6.23. The molecule has 0 atom stereocenters. The number of halogens is 3. The van der Waals surface area contributed by atoms with E-state index in [1.54, 1.807) is 19.8 Å². The van der Waals surface area contributed by atoms with Crippen LogP contribution in [0.15, 0.2) is 45.0 Å². The summed E-state index contributed by atoms with van der Waals surface area (Å²) in [4.78, 5) is 0. The first-order chi connectivity index (χ1) is 9.11. The van der Waals surface area contributed by atoms with Gasteiger partial charge in [-0.1, -0.05) is 0 Å². The molecule has 0 nitrogen and oxygen atoms in total. The molecule has 0 aromatic heterocycles. The second-order valence-corrected chi connectivity index (χ2v) is 8.59. The van der Waals surface area contributed by atoms with Gasteiger partial charge >= 0.3 is 132 Å². The number of benzene rings is 1. The molecule has 5 heteroatoms. The zero-order chi connectivity index (χ0) is 13.8. The summed E-state index contributed by atoms with van der Waals surface area (Å²) in [5.74, 6) is 0.638. The molecule has 0 aliphatic heterocycles. The molecule has 0 spiro atoms. The first-order valence-electron chi connectivity index (χ1n) is 7.33. The first-order valence-corrected chi connectivity index (χ1v) is 9.53. The molecule has 0 unspecified atom stereocenters. The van der Waals surface area contributed by atoms with Crippen molar-refractivity contribution in [3.8, 4) is 0 Å². The van der Waals surface area contributed by atoms with Crippen molar-refractivity contribution in [2.45, 2.75) is 46.0 Å². The van der Waals surface area contributed by atoms with Crippen LogP contribution in [0.2, 0.25) is 0 Å². The van der Waals surface area contributed by atoms with Crippen LogP contribution in [0.4, 0.5) is 0 Å². The van der Waals surface area contributed by atoms with Gasteiger partial charge in [0.15, 0.2) is 0 Å². The molecule has 22 heavy (non-hydrogen) atoms. The zero-order valence-electron chi connectivity index (χ0n) is 13.4. The van der Waals surface area contributed by atoms with Crippen molar-refractivity contribution in [2.75, 3.05) is 0 Å². The van der Waals surface area contributed by atoms with Crippen LogP contribution in [0.1, 0.15) is 51.5 Å². The van der Waals surface area contributed by atoms with Gasteiger partial charge in [0.1, 0.15) is 0 Å². The van der Waals surface area contributed by atoms with Crippen molar-refractivity contribution in [2.24, 2.45) is 0 Å². The third-order valence-corrected chi connectivity index (χ3v) is 6.55. The largest absolute Gasteiger partial charge is 1.00 e. The second kappa shape index (κ2) is 11.9.